The predicted molar refractivity (Wildman–Crippen MR) is 103 cm³/mol. The van der Waals surface area contributed by atoms with Crippen molar-refractivity contribution in [2.45, 2.75) is 0 Å². The molecule has 1 saturated heterocycles. The van der Waals surface area contributed by atoms with Gasteiger partial charge in [0, 0.05) is 43.3 Å². The second-order valence-electron chi connectivity index (χ2n) is 5.92. The van der Waals surface area contributed by atoms with Gasteiger partial charge in [0.1, 0.15) is 0 Å². The van der Waals surface area contributed by atoms with Gasteiger partial charge < -0.3 is 14.5 Å². The van der Waals surface area contributed by atoms with Crippen LogP contribution in [0.1, 0.15) is 15.2 Å². The number of carbonyl (C=O) groups excluding carboxylic acids is 1. The van der Waals surface area contributed by atoms with E-state index in [4.69, 9.17) is 4.74 Å². The van der Waals surface area contributed by atoms with E-state index in [1.165, 1.54) is 5.00 Å². The summed E-state index contributed by atoms with van der Waals surface area (Å²) in [5.74, 6) is -0.218. The largest absolute Gasteiger partial charge is 0.378 e. The lowest BCUT2D eigenvalue weighted by Gasteiger charge is -2.27. The second-order valence-corrected chi connectivity index (χ2v) is 7.01. The van der Waals surface area contributed by atoms with Gasteiger partial charge in [-0.05, 0) is 30.3 Å². The molecule has 1 amide bonds. The molecule has 1 fully saturated rings. The molecule has 1 aliphatic rings. The molecule has 1 N–H and O–H groups in total. The van der Waals surface area contributed by atoms with Crippen LogP contribution >= 0.6 is 11.3 Å². The van der Waals surface area contributed by atoms with E-state index in [9.17, 15) is 4.79 Å². The number of thiophene rings is 1. The van der Waals surface area contributed by atoms with Crippen molar-refractivity contribution in [3.63, 3.8) is 0 Å². The minimum Gasteiger partial charge on any atom is -0.378 e. The number of carbonyl (C=O) groups is 1. The lowest BCUT2D eigenvalue weighted by Crippen LogP contribution is -2.35. The average Bonchev–Trinajstić information content (AvgIpc) is 3.11. The maximum atomic E-state index is 12.2. The molecule has 2 aromatic rings. The molecule has 1 aliphatic heterocycles. The van der Waals surface area contributed by atoms with Crippen LogP contribution in [0.4, 0.5) is 10.7 Å². The number of hydrogen-bond acceptors (Lipinski definition) is 6. The second kappa shape index (κ2) is 8.13. The Morgan fingerprint density at radius 3 is 2.84 bits per heavy atom. The van der Waals surface area contributed by atoms with Gasteiger partial charge in [-0.1, -0.05) is 6.07 Å². The number of hydrogen-bond donors (Lipinski definition) is 1. The average molecular weight is 358 g/mol. The Morgan fingerprint density at radius 2 is 2.08 bits per heavy atom. The van der Waals surface area contributed by atoms with Crippen molar-refractivity contribution in [2.24, 2.45) is 5.10 Å². The molecule has 7 heteroatoms. The number of rotatable bonds is 5. The van der Waals surface area contributed by atoms with Crippen molar-refractivity contribution >= 4 is 34.1 Å². The molecule has 0 unspecified atom stereocenters. The van der Waals surface area contributed by atoms with Gasteiger partial charge in [0.15, 0.2) is 0 Å². The number of ether oxygens (including phenoxy) is 1. The van der Waals surface area contributed by atoms with Gasteiger partial charge in [0.2, 0.25) is 0 Å². The molecule has 6 nitrogen and oxygen atoms in total. The molecular weight excluding hydrogens is 336 g/mol. The van der Waals surface area contributed by atoms with Gasteiger partial charge >= 0.3 is 0 Å². The van der Waals surface area contributed by atoms with Crippen molar-refractivity contribution in [2.75, 3.05) is 50.2 Å². The molecule has 25 heavy (non-hydrogen) atoms. The molecule has 0 atom stereocenters. The lowest BCUT2D eigenvalue weighted by atomic mass is 10.2. The number of nitrogens with one attached hydrogen (secondary N) is 1. The third-order valence-electron chi connectivity index (χ3n) is 3.92. The molecule has 3 rings (SSSR count). The van der Waals surface area contributed by atoms with Crippen LogP contribution in [0.15, 0.2) is 41.5 Å². The molecule has 1 aromatic carbocycles. The summed E-state index contributed by atoms with van der Waals surface area (Å²) in [7, 11) is 3.88. The third-order valence-corrected chi connectivity index (χ3v) is 5.00. The zero-order valence-electron chi connectivity index (χ0n) is 14.4. The summed E-state index contributed by atoms with van der Waals surface area (Å²) >= 11 is 1.66. The highest BCUT2D eigenvalue weighted by atomic mass is 32.1. The Bertz CT molecular complexity index is 751. The van der Waals surface area contributed by atoms with Crippen LogP contribution in [0.5, 0.6) is 0 Å². The highest BCUT2D eigenvalue weighted by Gasteiger charge is 2.12. The maximum Gasteiger partial charge on any atom is 0.271 e. The number of nitrogens with zero attached hydrogens (tertiary/aromatic N) is 3. The van der Waals surface area contributed by atoms with Gasteiger partial charge in [0.05, 0.1) is 24.4 Å². The van der Waals surface area contributed by atoms with Gasteiger partial charge in [0.25, 0.3) is 5.91 Å². The fraction of sp³-hybridized carbons (Fsp3) is 0.333. The van der Waals surface area contributed by atoms with Crippen molar-refractivity contribution in [1.82, 2.24) is 5.43 Å². The summed E-state index contributed by atoms with van der Waals surface area (Å²) in [6.45, 7) is 3.36. The Hall–Kier alpha value is -2.38. The fourth-order valence-corrected chi connectivity index (χ4v) is 3.44. The van der Waals surface area contributed by atoms with Crippen LogP contribution in [0.25, 0.3) is 0 Å². The summed E-state index contributed by atoms with van der Waals surface area (Å²) in [4.78, 5) is 17.5. The van der Waals surface area contributed by atoms with Crippen molar-refractivity contribution in [1.29, 1.82) is 0 Å². The molecule has 132 valence electrons. The smallest absolute Gasteiger partial charge is 0.271 e. The van der Waals surface area contributed by atoms with Crippen LogP contribution in [0.3, 0.4) is 0 Å². The van der Waals surface area contributed by atoms with E-state index in [-0.39, 0.29) is 5.91 Å². The van der Waals surface area contributed by atoms with Crippen molar-refractivity contribution in [3.05, 3.63) is 46.8 Å². The molecule has 2 heterocycles. The highest BCUT2D eigenvalue weighted by molar-refractivity contribution is 7.17. The minimum atomic E-state index is -0.218. The topological polar surface area (TPSA) is 57.2 Å². The van der Waals surface area contributed by atoms with E-state index < -0.39 is 0 Å². The molecule has 0 aliphatic carbocycles. The van der Waals surface area contributed by atoms with E-state index >= 15 is 0 Å². The zero-order valence-corrected chi connectivity index (χ0v) is 15.3. The summed E-state index contributed by atoms with van der Waals surface area (Å²) in [6.07, 6.45) is 1.68. The Morgan fingerprint density at radius 1 is 1.28 bits per heavy atom. The molecule has 0 saturated carbocycles. The normalized spacial score (nSPS) is 14.7. The first kappa shape index (κ1) is 17.4. The van der Waals surface area contributed by atoms with E-state index in [2.05, 4.69) is 21.5 Å². The van der Waals surface area contributed by atoms with Crippen LogP contribution in [-0.4, -0.2) is 52.5 Å². The predicted octanol–water partition coefficient (Wildman–Crippen LogP) is 2.41. The zero-order chi connectivity index (χ0) is 17.6. The first-order valence-electron chi connectivity index (χ1n) is 8.17. The fourth-order valence-electron chi connectivity index (χ4n) is 2.51. The maximum absolute atomic E-state index is 12.2. The first-order valence-corrected chi connectivity index (χ1v) is 8.98. The number of anilines is 2. The van der Waals surface area contributed by atoms with Gasteiger partial charge in [-0.25, -0.2) is 5.43 Å². The number of morpholine rings is 1. The van der Waals surface area contributed by atoms with Gasteiger partial charge in [-0.3, -0.25) is 4.79 Å². The molecule has 0 radical (unpaired) electrons. The summed E-state index contributed by atoms with van der Waals surface area (Å²) < 4.78 is 5.37. The molecule has 0 bridgehead atoms. The number of amides is 1. The Labute approximate surface area is 151 Å². The van der Waals surface area contributed by atoms with E-state index in [1.54, 1.807) is 23.6 Å². The molecular formula is C18H22N4O2S. The number of hydrazone groups is 1. The monoisotopic (exact) mass is 358 g/mol. The summed E-state index contributed by atoms with van der Waals surface area (Å²) in [6, 6.07) is 11.5. The van der Waals surface area contributed by atoms with Crippen LogP contribution in [-0.2, 0) is 4.74 Å². The van der Waals surface area contributed by atoms with Crippen LogP contribution < -0.4 is 15.2 Å². The van der Waals surface area contributed by atoms with Gasteiger partial charge in [-0.2, -0.15) is 5.10 Å². The molecule has 1 aromatic heterocycles. The Kier molecular flexibility index (Phi) is 5.67. The SMILES string of the molecule is CN(C)c1cccc(C(=O)N/N=C/c2ccc(N3CCOCC3)s2)c1. The lowest BCUT2D eigenvalue weighted by molar-refractivity contribution is 0.0955. The van der Waals surface area contributed by atoms with Crippen molar-refractivity contribution < 1.29 is 9.53 Å². The van der Waals surface area contributed by atoms with Crippen LogP contribution in [0, 0.1) is 0 Å². The van der Waals surface area contributed by atoms with Crippen molar-refractivity contribution in [3.8, 4) is 0 Å². The summed E-state index contributed by atoms with van der Waals surface area (Å²) in [5.41, 5.74) is 4.15. The van der Waals surface area contributed by atoms with Gasteiger partial charge in [-0.15, -0.1) is 11.3 Å². The van der Waals surface area contributed by atoms with E-state index in [1.807, 2.05) is 43.3 Å². The van der Waals surface area contributed by atoms with E-state index in [0.717, 1.165) is 36.9 Å². The third kappa shape index (κ3) is 4.58. The quantitative estimate of drug-likeness (QED) is 0.659. The first-order chi connectivity index (χ1) is 12.1. The van der Waals surface area contributed by atoms with Crippen LogP contribution in [0.2, 0.25) is 0 Å². The highest BCUT2D eigenvalue weighted by Crippen LogP contribution is 2.25. The summed E-state index contributed by atoms with van der Waals surface area (Å²) in [5, 5.41) is 5.28. The minimum absolute atomic E-state index is 0.218. The molecule has 0 spiro atoms. The standard InChI is InChI=1S/C18H22N4O2S/c1-21(2)15-5-3-4-14(12-15)18(23)20-19-13-16-6-7-17(25-16)22-8-10-24-11-9-22/h3-7,12-13H,8-11H2,1-2H3,(H,20,23)/b19-13+. The van der Waals surface area contributed by atoms with E-state index in [0.29, 0.717) is 5.56 Å². The Balaban J connectivity index is 1.58. The number of benzene rings is 1.